The van der Waals surface area contributed by atoms with Crippen LogP contribution in [0.4, 0.5) is 5.69 Å². The first-order valence-corrected chi connectivity index (χ1v) is 14.7. The summed E-state index contributed by atoms with van der Waals surface area (Å²) in [6.07, 6.45) is 0. The third kappa shape index (κ3) is 4.81. The lowest BCUT2D eigenvalue weighted by atomic mass is 10.0. The fourth-order valence-electron chi connectivity index (χ4n) is 5.91. The maximum atomic E-state index is 7.52. The molecule has 0 saturated heterocycles. The third-order valence-electron chi connectivity index (χ3n) is 8.04. The fraction of sp³-hybridized carbons (Fsp3) is 0. The Morgan fingerprint density at radius 2 is 0.956 bits per heavy atom. The van der Waals surface area contributed by atoms with Crippen molar-refractivity contribution >= 4 is 27.5 Å². The molecule has 6 aromatic carbocycles. The highest BCUT2D eigenvalue weighted by atomic mass is 15.0. The molecule has 2 heterocycles. The van der Waals surface area contributed by atoms with Gasteiger partial charge < -0.3 is 4.57 Å². The SMILES string of the molecule is [C-]#[N+]c1ccc2c(c1)c1ccccc1n2-c1cccc(-c2cccc(-c3nc(-c4ccccc4)nc(-c4ccccc4)n3)c2)c1. The van der Waals surface area contributed by atoms with Gasteiger partial charge in [0.25, 0.3) is 0 Å². The molecule has 0 fully saturated rings. The summed E-state index contributed by atoms with van der Waals surface area (Å²) in [5.74, 6) is 1.90. The molecule has 0 aliphatic heterocycles. The summed E-state index contributed by atoms with van der Waals surface area (Å²) < 4.78 is 2.27. The molecule has 0 spiro atoms. The van der Waals surface area contributed by atoms with Crippen LogP contribution in [0.3, 0.4) is 0 Å². The summed E-state index contributed by atoms with van der Waals surface area (Å²) in [5, 5.41) is 2.20. The lowest BCUT2D eigenvalue weighted by Gasteiger charge is -2.12. The summed E-state index contributed by atoms with van der Waals surface area (Å²) in [4.78, 5) is 18.4. The number of nitrogens with zero attached hydrogens (tertiary/aromatic N) is 5. The van der Waals surface area contributed by atoms with E-state index in [9.17, 15) is 0 Å². The lowest BCUT2D eigenvalue weighted by Crippen LogP contribution is -2.00. The minimum Gasteiger partial charge on any atom is -0.309 e. The van der Waals surface area contributed by atoms with Crippen LogP contribution < -0.4 is 0 Å². The monoisotopic (exact) mass is 575 g/mol. The Morgan fingerprint density at radius 1 is 0.422 bits per heavy atom. The molecule has 5 nitrogen and oxygen atoms in total. The molecule has 0 aliphatic carbocycles. The molecule has 0 bridgehead atoms. The van der Waals surface area contributed by atoms with Gasteiger partial charge in [0.15, 0.2) is 23.2 Å². The van der Waals surface area contributed by atoms with Gasteiger partial charge in [0, 0.05) is 27.8 Å². The van der Waals surface area contributed by atoms with E-state index in [4.69, 9.17) is 21.5 Å². The maximum absolute atomic E-state index is 7.52. The molecule has 0 amide bonds. The Kier molecular flexibility index (Phi) is 6.44. The lowest BCUT2D eigenvalue weighted by molar-refractivity contribution is 1.07. The second-order valence-corrected chi connectivity index (χ2v) is 10.8. The molecule has 2 aromatic heterocycles. The number of hydrogen-bond acceptors (Lipinski definition) is 3. The second-order valence-electron chi connectivity index (χ2n) is 10.8. The van der Waals surface area contributed by atoms with Crippen molar-refractivity contribution in [3.8, 4) is 51.0 Å². The average Bonchev–Trinajstić information content (AvgIpc) is 3.46. The van der Waals surface area contributed by atoms with E-state index in [2.05, 4.69) is 70.1 Å². The number of fused-ring (bicyclic) bond motifs is 3. The highest BCUT2D eigenvalue weighted by Crippen LogP contribution is 2.36. The van der Waals surface area contributed by atoms with E-state index in [1.807, 2.05) is 91.0 Å². The van der Waals surface area contributed by atoms with E-state index >= 15 is 0 Å². The number of para-hydroxylation sites is 1. The molecule has 5 heteroatoms. The van der Waals surface area contributed by atoms with Gasteiger partial charge in [-0.2, -0.15) is 0 Å². The Labute approximate surface area is 260 Å². The molecule has 8 aromatic rings. The number of hydrogen-bond donors (Lipinski definition) is 0. The minimum atomic E-state index is 0.624. The second kappa shape index (κ2) is 11.0. The molecule has 0 N–H and O–H groups in total. The van der Waals surface area contributed by atoms with E-state index < -0.39 is 0 Å². The molecule has 8 rings (SSSR count). The first kappa shape index (κ1) is 26.3. The summed E-state index contributed by atoms with van der Waals surface area (Å²) in [6, 6.07) is 51.3. The topological polar surface area (TPSA) is 48.0 Å². The van der Waals surface area contributed by atoms with Crippen molar-refractivity contribution in [2.24, 2.45) is 0 Å². The predicted molar refractivity (Wildman–Crippen MR) is 182 cm³/mol. The maximum Gasteiger partial charge on any atom is 0.188 e. The van der Waals surface area contributed by atoms with Crippen LogP contribution in [-0.2, 0) is 0 Å². The van der Waals surface area contributed by atoms with Crippen molar-refractivity contribution in [2.45, 2.75) is 0 Å². The van der Waals surface area contributed by atoms with Gasteiger partial charge in [0.05, 0.1) is 17.6 Å². The van der Waals surface area contributed by atoms with Gasteiger partial charge in [-0.1, -0.05) is 115 Å². The Balaban J connectivity index is 1.25. The molecular formula is C40H25N5. The van der Waals surface area contributed by atoms with Crippen LogP contribution in [-0.4, -0.2) is 19.5 Å². The summed E-state index contributed by atoms with van der Waals surface area (Å²) in [6.45, 7) is 7.52. The van der Waals surface area contributed by atoms with Gasteiger partial charge in [-0.15, -0.1) is 0 Å². The van der Waals surface area contributed by atoms with Crippen molar-refractivity contribution in [1.29, 1.82) is 0 Å². The van der Waals surface area contributed by atoms with Crippen molar-refractivity contribution in [2.75, 3.05) is 0 Å². The van der Waals surface area contributed by atoms with Crippen LogP contribution in [0.2, 0.25) is 0 Å². The minimum absolute atomic E-state index is 0.624. The van der Waals surface area contributed by atoms with Crippen molar-refractivity contribution in [3.05, 3.63) is 163 Å². The van der Waals surface area contributed by atoms with Crippen molar-refractivity contribution in [1.82, 2.24) is 19.5 Å². The first-order chi connectivity index (χ1) is 22.2. The fourth-order valence-corrected chi connectivity index (χ4v) is 5.91. The van der Waals surface area contributed by atoms with Crippen LogP contribution in [0.15, 0.2) is 152 Å². The van der Waals surface area contributed by atoms with Gasteiger partial charge >= 0.3 is 0 Å². The summed E-state index contributed by atoms with van der Waals surface area (Å²) in [7, 11) is 0. The van der Waals surface area contributed by atoms with Crippen LogP contribution in [0, 0.1) is 6.57 Å². The molecule has 45 heavy (non-hydrogen) atoms. The predicted octanol–water partition coefficient (Wildman–Crippen LogP) is 10.2. The van der Waals surface area contributed by atoms with Gasteiger partial charge in [0.1, 0.15) is 0 Å². The van der Waals surface area contributed by atoms with Gasteiger partial charge in [-0.05, 0) is 52.9 Å². The third-order valence-corrected chi connectivity index (χ3v) is 8.04. The largest absolute Gasteiger partial charge is 0.309 e. The van der Waals surface area contributed by atoms with E-state index in [0.29, 0.717) is 23.2 Å². The number of benzene rings is 6. The zero-order valence-electron chi connectivity index (χ0n) is 24.2. The zero-order chi connectivity index (χ0) is 30.2. The van der Waals surface area contributed by atoms with E-state index in [0.717, 1.165) is 55.3 Å². The Morgan fingerprint density at radius 3 is 1.64 bits per heavy atom. The highest BCUT2D eigenvalue weighted by Gasteiger charge is 2.15. The number of rotatable bonds is 5. The average molecular weight is 576 g/mol. The molecular weight excluding hydrogens is 550 g/mol. The molecule has 0 saturated carbocycles. The Bertz CT molecular complexity index is 2330. The summed E-state index contributed by atoms with van der Waals surface area (Å²) >= 11 is 0. The summed E-state index contributed by atoms with van der Waals surface area (Å²) in [5.41, 5.74) is 8.81. The standard InChI is InChI=1S/C40H25N5/c1-41-32-22-23-37-35(26-32)34-20-8-9-21-36(34)45(37)33-19-11-17-30(25-33)29-16-10-18-31(24-29)40-43-38(27-12-4-2-5-13-27)42-39(44-40)28-14-6-3-7-15-28/h2-26H. The molecule has 0 atom stereocenters. The van der Waals surface area contributed by atoms with Gasteiger partial charge in [-0.3, -0.25) is 0 Å². The molecule has 210 valence electrons. The van der Waals surface area contributed by atoms with Crippen molar-refractivity contribution in [3.63, 3.8) is 0 Å². The first-order valence-electron chi connectivity index (χ1n) is 14.7. The smallest absolute Gasteiger partial charge is 0.188 e. The number of aromatic nitrogens is 4. The normalized spacial score (nSPS) is 11.1. The van der Waals surface area contributed by atoms with E-state index in [1.54, 1.807) is 0 Å². The quantitative estimate of drug-likeness (QED) is 0.192. The van der Waals surface area contributed by atoms with Crippen LogP contribution in [0.1, 0.15) is 0 Å². The molecule has 0 aliphatic rings. The van der Waals surface area contributed by atoms with Gasteiger partial charge in [-0.25, -0.2) is 19.8 Å². The van der Waals surface area contributed by atoms with E-state index in [-0.39, 0.29) is 0 Å². The van der Waals surface area contributed by atoms with Gasteiger partial charge in [0.2, 0.25) is 0 Å². The highest BCUT2D eigenvalue weighted by molar-refractivity contribution is 6.10. The van der Waals surface area contributed by atoms with Crippen LogP contribution in [0.5, 0.6) is 0 Å². The molecule has 0 unspecified atom stereocenters. The molecule has 0 radical (unpaired) electrons. The van der Waals surface area contributed by atoms with Crippen molar-refractivity contribution < 1.29 is 0 Å². The van der Waals surface area contributed by atoms with Crippen LogP contribution >= 0.6 is 0 Å². The Hall–Kier alpha value is -6.38. The van der Waals surface area contributed by atoms with Crippen LogP contribution in [0.25, 0.3) is 77.6 Å². The van der Waals surface area contributed by atoms with E-state index in [1.165, 1.54) is 0 Å². The zero-order valence-corrected chi connectivity index (χ0v) is 24.2.